The Hall–Kier alpha value is -2.02. The number of nitrogens with zero attached hydrogens (tertiary/aromatic N) is 3. The Morgan fingerprint density at radius 2 is 2.03 bits per heavy atom. The van der Waals surface area contributed by atoms with E-state index in [4.69, 9.17) is 4.42 Å². The maximum absolute atomic E-state index is 12.2. The second-order valence-corrected chi connectivity index (χ2v) is 6.99. The van der Waals surface area contributed by atoms with Crippen molar-refractivity contribution < 1.29 is 22.3 Å². The van der Waals surface area contributed by atoms with Gasteiger partial charge >= 0.3 is 6.18 Å². The summed E-state index contributed by atoms with van der Waals surface area (Å²) in [5.74, 6) is 1.46. The number of nitrogens with one attached hydrogen (secondary N) is 2. The van der Waals surface area contributed by atoms with Gasteiger partial charge in [-0.3, -0.25) is 9.89 Å². The van der Waals surface area contributed by atoms with E-state index in [0.717, 1.165) is 24.4 Å². The van der Waals surface area contributed by atoms with E-state index in [9.17, 15) is 13.2 Å². The second-order valence-electron chi connectivity index (χ2n) is 6.99. The Morgan fingerprint density at radius 1 is 1.26 bits per heavy atom. The smallest absolute Gasteiger partial charge is 0.422 e. The van der Waals surface area contributed by atoms with Crippen LogP contribution in [0, 0.1) is 0 Å². The van der Waals surface area contributed by atoms with Crippen LogP contribution < -0.4 is 15.4 Å². The first-order chi connectivity index (χ1) is 14.4. The van der Waals surface area contributed by atoms with Crippen molar-refractivity contribution in [3.05, 3.63) is 48.0 Å². The zero-order valence-corrected chi connectivity index (χ0v) is 19.5. The minimum atomic E-state index is -4.39. The molecule has 0 saturated carbocycles. The van der Waals surface area contributed by atoms with E-state index < -0.39 is 12.8 Å². The first-order valence-electron chi connectivity index (χ1n) is 9.81. The molecule has 0 aromatic carbocycles. The van der Waals surface area contributed by atoms with E-state index in [2.05, 4.69) is 30.2 Å². The fourth-order valence-corrected chi connectivity index (χ4v) is 3.30. The summed E-state index contributed by atoms with van der Waals surface area (Å²) in [6, 6.07) is 7.07. The van der Waals surface area contributed by atoms with Crippen molar-refractivity contribution in [2.24, 2.45) is 4.99 Å². The van der Waals surface area contributed by atoms with E-state index in [1.54, 1.807) is 19.4 Å². The molecule has 1 aliphatic heterocycles. The molecule has 1 fully saturated rings. The fraction of sp³-hybridized carbons (Fsp3) is 0.500. The van der Waals surface area contributed by atoms with E-state index in [0.29, 0.717) is 19.0 Å². The van der Waals surface area contributed by atoms with Crippen molar-refractivity contribution in [2.75, 3.05) is 33.3 Å². The summed E-state index contributed by atoms with van der Waals surface area (Å²) in [7, 11) is 1.68. The number of ether oxygens (including phenoxy) is 1. The van der Waals surface area contributed by atoms with Gasteiger partial charge in [0.15, 0.2) is 12.6 Å². The van der Waals surface area contributed by atoms with Crippen LogP contribution in [0.25, 0.3) is 0 Å². The molecule has 3 heterocycles. The van der Waals surface area contributed by atoms with Gasteiger partial charge in [-0.25, -0.2) is 4.98 Å². The van der Waals surface area contributed by atoms with Crippen LogP contribution in [-0.4, -0.2) is 55.3 Å². The van der Waals surface area contributed by atoms with Gasteiger partial charge in [-0.2, -0.15) is 13.2 Å². The molecule has 3 rings (SSSR count). The van der Waals surface area contributed by atoms with E-state index in [1.165, 1.54) is 25.1 Å². The molecule has 1 aliphatic rings. The molecule has 0 aliphatic carbocycles. The molecule has 7 nitrogen and oxygen atoms in total. The third-order valence-electron chi connectivity index (χ3n) is 4.78. The van der Waals surface area contributed by atoms with E-state index >= 15 is 0 Å². The normalized spacial score (nSPS) is 15.9. The van der Waals surface area contributed by atoms with Gasteiger partial charge in [0.2, 0.25) is 5.88 Å². The van der Waals surface area contributed by atoms with E-state index in [-0.39, 0.29) is 35.9 Å². The Labute approximate surface area is 196 Å². The largest absolute Gasteiger partial charge is 0.468 e. The van der Waals surface area contributed by atoms with Crippen molar-refractivity contribution in [1.29, 1.82) is 0 Å². The number of aliphatic imine (C=N–C) groups is 1. The van der Waals surface area contributed by atoms with E-state index in [1.807, 2.05) is 12.1 Å². The van der Waals surface area contributed by atoms with Crippen LogP contribution in [0.2, 0.25) is 0 Å². The van der Waals surface area contributed by atoms with Gasteiger partial charge in [-0.05, 0) is 43.6 Å². The monoisotopic (exact) mass is 553 g/mol. The number of guanidine groups is 1. The van der Waals surface area contributed by atoms with Crippen molar-refractivity contribution in [3.8, 4) is 5.88 Å². The molecule has 0 bridgehead atoms. The number of pyridine rings is 1. The first kappa shape index (κ1) is 25.2. The van der Waals surface area contributed by atoms with Gasteiger partial charge in [-0.15, -0.1) is 24.0 Å². The summed E-state index contributed by atoms with van der Waals surface area (Å²) in [6.07, 6.45) is 1.13. The molecule has 31 heavy (non-hydrogen) atoms. The summed E-state index contributed by atoms with van der Waals surface area (Å²) in [5.41, 5.74) is 0.791. The number of hydrogen-bond donors (Lipinski definition) is 2. The summed E-state index contributed by atoms with van der Waals surface area (Å²) < 4.78 is 46.8. The summed E-state index contributed by atoms with van der Waals surface area (Å²) in [6.45, 7) is 1.76. The minimum absolute atomic E-state index is 0. The molecule has 172 valence electrons. The Bertz CT molecular complexity index is 794. The maximum atomic E-state index is 12.2. The zero-order chi connectivity index (χ0) is 21.4. The number of likely N-dealkylation sites (tertiary alicyclic amines) is 1. The Morgan fingerprint density at radius 3 is 2.61 bits per heavy atom. The highest BCUT2D eigenvalue weighted by molar-refractivity contribution is 14.0. The molecule has 0 amide bonds. The highest BCUT2D eigenvalue weighted by Crippen LogP contribution is 2.24. The SMILES string of the molecule is CN=C(NCc1ccc(OCC(F)(F)F)nc1)NCC(c1ccco1)N1CCCC1.I. The predicted octanol–water partition coefficient (Wildman–Crippen LogP) is 3.74. The van der Waals surface area contributed by atoms with Gasteiger partial charge in [0.1, 0.15) is 5.76 Å². The lowest BCUT2D eigenvalue weighted by atomic mass is 10.2. The minimum Gasteiger partial charge on any atom is -0.468 e. The first-order valence-corrected chi connectivity index (χ1v) is 9.81. The van der Waals surface area contributed by atoms with Crippen molar-refractivity contribution in [2.45, 2.75) is 31.6 Å². The van der Waals surface area contributed by atoms with Gasteiger partial charge < -0.3 is 19.8 Å². The summed E-state index contributed by atoms with van der Waals surface area (Å²) >= 11 is 0. The fourth-order valence-electron chi connectivity index (χ4n) is 3.30. The number of alkyl halides is 3. The van der Waals surface area contributed by atoms with Crippen LogP contribution in [0.5, 0.6) is 5.88 Å². The predicted molar refractivity (Wildman–Crippen MR) is 122 cm³/mol. The molecule has 1 saturated heterocycles. The molecule has 1 unspecified atom stereocenters. The van der Waals surface area contributed by atoms with Crippen LogP contribution in [0.3, 0.4) is 0 Å². The number of hydrogen-bond acceptors (Lipinski definition) is 5. The van der Waals surface area contributed by atoms with Crippen LogP contribution in [0.4, 0.5) is 13.2 Å². The molecule has 2 N–H and O–H groups in total. The summed E-state index contributed by atoms with van der Waals surface area (Å²) in [5, 5.41) is 6.50. The quantitative estimate of drug-likeness (QED) is 0.295. The average Bonchev–Trinajstić information content (AvgIpc) is 3.44. The number of halogens is 4. The average molecular weight is 553 g/mol. The van der Waals surface area contributed by atoms with Crippen LogP contribution in [-0.2, 0) is 6.54 Å². The van der Waals surface area contributed by atoms with Gasteiger partial charge in [-0.1, -0.05) is 6.07 Å². The summed E-state index contributed by atoms with van der Waals surface area (Å²) in [4.78, 5) is 10.5. The molecule has 11 heteroatoms. The number of rotatable bonds is 8. The van der Waals surface area contributed by atoms with Crippen molar-refractivity contribution in [3.63, 3.8) is 0 Å². The number of furan rings is 1. The third kappa shape index (κ3) is 8.20. The highest BCUT2D eigenvalue weighted by Gasteiger charge is 2.28. The lowest BCUT2D eigenvalue weighted by Crippen LogP contribution is -2.42. The molecular formula is C20H27F3IN5O2. The molecule has 0 radical (unpaired) electrons. The van der Waals surface area contributed by atoms with Crippen molar-refractivity contribution in [1.82, 2.24) is 20.5 Å². The van der Waals surface area contributed by atoms with Crippen LogP contribution in [0.15, 0.2) is 46.1 Å². The lowest BCUT2D eigenvalue weighted by Gasteiger charge is -2.26. The Balaban J connectivity index is 0.00000341. The van der Waals surface area contributed by atoms with Crippen molar-refractivity contribution >= 4 is 29.9 Å². The second kappa shape index (κ2) is 12.1. The van der Waals surface area contributed by atoms with Gasteiger partial charge in [0, 0.05) is 32.4 Å². The standard InChI is InChI=1S/C20H26F3N5O2.HI/c1-24-19(26-12-15-6-7-18(25-11-15)30-14-20(21,22)23)27-13-16(17-5-4-10-29-17)28-8-2-3-9-28;/h4-7,10-11,16H,2-3,8-9,12-14H2,1H3,(H2,24,26,27);1H. The third-order valence-corrected chi connectivity index (χ3v) is 4.78. The zero-order valence-electron chi connectivity index (χ0n) is 17.2. The number of aromatic nitrogens is 1. The van der Waals surface area contributed by atoms with Gasteiger partial charge in [0.05, 0.1) is 12.3 Å². The maximum Gasteiger partial charge on any atom is 0.422 e. The molecule has 2 aromatic rings. The van der Waals surface area contributed by atoms with Crippen LogP contribution >= 0.6 is 24.0 Å². The highest BCUT2D eigenvalue weighted by atomic mass is 127. The molecular weight excluding hydrogens is 526 g/mol. The molecule has 2 aromatic heterocycles. The topological polar surface area (TPSA) is 74.9 Å². The Kier molecular flexibility index (Phi) is 9.88. The van der Waals surface area contributed by atoms with Crippen LogP contribution in [0.1, 0.15) is 30.2 Å². The van der Waals surface area contributed by atoms with Gasteiger partial charge in [0.25, 0.3) is 0 Å². The molecule has 0 spiro atoms. The lowest BCUT2D eigenvalue weighted by molar-refractivity contribution is -0.154. The molecule has 1 atom stereocenters.